The Bertz CT molecular complexity index is 641. The van der Waals surface area contributed by atoms with E-state index in [2.05, 4.69) is 5.32 Å². The maximum absolute atomic E-state index is 11.3. The maximum atomic E-state index is 11.3. The van der Waals surface area contributed by atoms with Crippen molar-refractivity contribution in [2.24, 2.45) is 5.73 Å². The molecule has 0 unspecified atom stereocenters. The third-order valence-electron chi connectivity index (χ3n) is 2.98. The molecular formula is C16H19N3O2. The third kappa shape index (κ3) is 4.14. The Morgan fingerprint density at radius 2 is 2.05 bits per heavy atom. The molecule has 0 aliphatic carbocycles. The van der Waals surface area contributed by atoms with Crippen molar-refractivity contribution in [3.8, 4) is 5.75 Å². The van der Waals surface area contributed by atoms with Gasteiger partial charge in [0, 0.05) is 17.9 Å². The fourth-order valence-corrected chi connectivity index (χ4v) is 1.98. The lowest BCUT2D eigenvalue weighted by atomic mass is 10.1. The molecule has 2 rings (SSSR count). The lowest BCUT2D eigenvalue weighted by molar-refractivity contribution is 0.100. The van der Waals surface area contributed by atoms with E-state index in [1.807, 2.05) is 31.2 Å². The van der Waals surface area contributed by atoms with Gasteiger partial charge < -0.3 is 21.5 Å². The van der Waals surface area contributed by atoms with Crippen LogP contribution in [0.4, 0.5) is 11.4 Å². The molecule has 0 saturated heterocycles. The van der Waals surface area contributed by atoms with Gasteiger partial charge in [0.15, 0.2) is 0 Å². The molecule has 0 heterocycles. The number of nitrogen functional groups attached to an aromatic ring is 1. The topological polar surface area (TPSA) is 90.4 Å². The zero-order valence-electron chi connectivity index (χ0n) is 11.9. The number of nitrogens with two attached hydrogens (primary N) is 2. The molecule has 5 nitrogen and oxygen atoms in total. The van der Waals surface area contributed by atoms with Gasteiger partial charge in [0.05, 0.1) is 5.56 Å². The standard InChI is InChI=1S/C16H19N3O2/c1-11-3-2-4-13(9-11)21-8-7-19-15-10-12(17)5-6-14(15)16(18)20/h2-6,9-10,19H,7-8,17H2,1H3,(H2,18,20). The number of carbonyl (C=O) groups excluding carboxylic acids is 1. The summed E-state index contributed by atoms with van der Waals surface area (Å²) in [5, 5.41) is 3.11. The van der Waals surface area contributed by atoms with Crippen LogP contribution in [0, 0.1) is 6.92 Å². The van der Waals surface area contributed by atoms with Crippen LogP contribution >= 0.6 is 0 Å². The van der Waals surface area contributed by atoms with Gasteiger partial charge in [0.2, 0.25) is 0 Å². The molecule has 0 aromatic heterocycles. The van der Waals surface area contributed by atoms with Gasteiger partial charge in [-0.25, -0.2) is 0 Å². The average Bonchev–Trinajstić information content (AvgIpc) is 2.43. The van der Waals surface area contributed by atoms with E-state index in [4.69, 9.17) is 16.2 Å². The van der Waals surface area contributed by atoms with Crippen LogP contribution in [0.2, 0.25) is 0 Å². The summed E-state index contributed by atoms with van der Waals surface area (Å²) in [4.78, 5) is 11.3. The molecule has 2 aromatic carbocycles. The Labute approximate surface area is 123 Å². The van der Waals surface area contributed by atoms with Crippen molar-refractivity contribution in [2.45, 2.75) is 6.92 Å². The second kappa shape index (κ2) is 6.65. The van der Waals surface area contributed by atoms with Gasteiger partial charge in [0.25, 0.3) is 5.91 Å². The van der Waals surface area contributed by atoms with E-state index in [1.165, 1.54) is 0 Å². The summed E-state index contributed by atoms with van der Waals surface area (Å²) >= 11 is 0. The van der Waals surface area contributed by atoms with E-state index in [-0.39, 0.29) is 0 Å². The van der Waals surface area contributed by atoms with Crippen LogP contribution in [0.15, 0.2) is 42.5 Å². The van der Waals surface area contributed by atoms with Crippen molar-refractivity contribution in [1.29, 1.82) is 0 Å². The Balaban J connectivity index is 1.91. The van der Waals surface area contributed by atoms with Gasteiger partial charge in [-0.1, -0.05) is 12.1 Å². The van der Waals surface area contributed by atoms with Crippen molar-refractivity contribution in [2.75, 3.05) is 24.2 Å². The highest BCUT2D eigenvalue weighted by atomic mass is 16.5. The largest absolute Gasteiger partial charge is 0.492 e. The Kier molecular flexibility index (Phi) is 4.66. The quantitative estimate of drug-likeness (QED) is 0.560. The third-order valence-corrected chi connectivity index (χ3v) is 2.98. The molecule has 2 aromatic rings. The monoisotopic (exact) mass is 285 g/mol. The number of hydrogen-bond acceptors (Lipinski definition) is 4. The van der Waals surface area contributed by atoms with Gasteiger partial charge in [-0.2, -0.15) is 0 Å². The number of ether oxygens (including phenoxy) is 1. The summed E-state index contributed by atoms with van der Waals surface area (Å²) in [5.41, 5.74) is 13.8. The lowest BCUT2D eigenvalue weighted by Gasteiger charge is -2.12. The highest BCUT2D eigenvalue weighted by Crippen LogP contribution is 2.18. The smallest absolute Gasteiger partial charge is 0.250 e. The molecule has 0 aliphatic rings. The van der Waals surface area contributed by atoms with Crippen molar-refractivity contribution < 1.29 is 9.53 Å². The zero-order valence-corrected chi connectivity index (χ0v) is 11.9. The molecule has 0 fully saturated rings. The minimum atomic E-state index is -0.489. The van der Waals surface area contributed by atoms with E-state index in [9.17, 15) is 4.79 Å². The second-order valence-electron chi connectivity index (χ2n) is 4.76. The Morgan fingerprint density at radius 3 is 2.76 bits per heavy atom. The normalized spacial score (nSPS) is 10.1. The average molecular weight is 285 g/mol. The first-order chi connectivity index (χ1) is 10.1. The van der Waals surface area contributed by atoms with Crippen LogP contribution < -0.4 is 21.5 Å². The number of benzene rings is 2. The Hall–Kier alpha value is -2.69. The molecule has 0 saturated carbocycles. The van der Waals surface area contributed by atoms with E-state index < -0.39 is 5.91 Å². The number of rotatable bonds is 6. The van der Waals surface area contributed by atoms with Crippen LogP contribution in [0.1, 0.15) is 15.9 Å². The second-order valence-corrected chi connectivity index (χ2v) is 4.76. The van der Waals surface area contributed by atoms with Crippen LogP contribution in [0.3, 0.4) is 0 Å². The summed E-state index contributed by atoms with van der Waals surface area (Å²) < 4.78 is 5.63. The van der Waals surface area contributed by atoms with Gasteiger partial charge in [0.1, 0.15) is 12.4 Å². The fourth-order valence-electron chi connectivity index (χ4n) is 1.98. The van der Waals surface area contributed by atoms with Crippen LogP contribution in [-0.2, 0) is 0 Å². The van der Waals surface area contributed by atoms with Crippen LogP contribution in [-0.4, -0.2) is 19.1 Å². The summed E-state index contributed by atoms with van der Waals surface area (Å²) in [5.74, 6) is 0.330. The number of primary amides is 1. The number of nitrogens with one attached hydrogen (secondary N) is 1. The molecule has 21 heavy (non-hydrogen) atoms. The molecule has 5 heteroatoms. The number of amides is 1. The molecule has 1 amide bonds. The van der Waals surface area contributed by atoms with Gasteiger partial charge in [-0.05, 0) is 42.8 Å². The molecule has 0 aliphatic heterocycles. The SMILES string of the molecule is Cc1cccc(OCCNc2cc(N)ccc2C(N)=O)c1. The molecule has 0 radical (unpaired) electrons. The first-order valence-electron chi connectivity index (χ1n) is 6.69. The highest BCUT2D eigenvalue weighted by Gasteiger charge is 2.07. The van der Waals surface area contributed by atoms with Crippen molar-refractivity contribution in [1.82, 2.24) is 0 Å². The first-order valence-corrected chi connectivity index (χ1v) is 6.69. The van der Waals surface area contributed by atoms with Crippen molar-refractivity contribution >= 4 is 17.3 Å². The summed E-state index contributed by atoms with van der Waals surface area (Å²) in [6, 6.07) is 12.8. The minimum Gasteiger partial charge on any atom is -0.492 e. The van der Waals surface area contributed by atoms with Crippen molar-refractivity contribution in [3.63, 3.8) is 0 Å². The minimum absolute atomic E-state index is 0.416. The number of carbonyl (C=O) groups is 1. The van der Waals surface area contributed by atoms with Gasteiger partial charge >= 0.3 is 0 Å². The maximum Gasteiger partial charge on any atom is 0.250 e. The molecule has 0 atom stereocenters. The predicted molar refractivity (Wildman–Crippen MR) is 84.5 cm³/mol. The summed E-state index contributed by atoms with van der Waals surface area (Å²) in [7, 11) is 0. The molecule has 110 valence electrons. The number of aryl methyl sites for hydroxylation is 1. The van der Waals surface area contributed by atoms with Crippen molar-refractivity contribution in [3.05, 3.63) is 53.6 Å². The fraction of sp³-hybridized carbons (Fsp3) is 0.188. The number of anilines is 2. The van der Waals surface area contributed by atoms with E-state index in [1.54, 1.807) is 18.2 Å². The summed E-state index contributed by atoms with van der Waals surface area (Å²) in [6.07, 6.45) is 0. The number of hydrogen-bond donors (Lipinski definition) is 3. The molecule has 0 spiro atoms. The summed E-state index contributed by atoms with van der Waals surface area (Å²) in [6.45, 7) is 3.02. The molecule has 5 N–H and O–H groups in total. The van der Waals surface area contributed by atoms with Crippen LogP contribution in [0.25, 0.3) is 0 Å². The van der Waals surface area contributed by atoms with E-state index >= 15 is 0 Å². The Morgan fingerprint density at radius 1 is 1.24 bits per heavy atom. The lowest BCUT2D eigenvalue weighted by Crippen LogP contribution is -2.17. The van der Waals surface area contributed by atoms with Crippen LogP contribution in [0.5, 0.6) is 5.75 Å². The zero-order chi connectivity index (χ0) is 15.2. The first kappa shape index (κ1) is 14.7. The predicted octanol–water partition coefficient (Wildman–Crippen LogP) is 2.17. The highest BCUT2D eigenvalue weighted by molar-refractivity contribution is 5.99. The van der Waals surface area contributed by atoms with Gasteiger partial charge in [-0.3, -0.25) is 4.79 Å². The molecule has 0 bridgehead atoms. The molecular weight excluding hydrogens is 266 g/mol. The van der Waals surface area contributed by atoms with Gasteiger partial charge in [-0.15, -0.1) is 0 Å². The van der Waals surface area contributed by atoms with E-state index in [0.717, 1.165) is 11.3 Å². The van der Waals surface area contributed by atoms with E-state index in [0.29, 0.717) is 30.1 Å².